The van der Waals surface area contributed by atoms with Crippen molar-refractivity contribution in [2.45, 2.75) is 20.0 Å². The summed E-state index contributed by atoms with van der Waals surface area (Å²) in [5.74, 6) is 7.06. The molecule has 0 saturated heterocycles. The number of ether oxygens (including phenoxy) is 1. The molecule has 86 valence electrons. The largest absolute Gasteiger partial charge is 0.377 e. The van der Waals surface area contributed by atoms with Crippen molar-refractivity contribution in [3.05, 3.63) is 17.0 Å². The molecule has 0 atom stereocenters. The number of rotatable bonds is 5. The van der Waals surface area contributed by atoms with Crippen molar-refractivity contribution in [1.29, 1.82) is 0 Å². The van der Waals surface area contributed by atoms with E-state index in [0.717, 1.165) is 13.0 Å². The van der Waals surface area contributed by atoms with E-state index in [1.165, 1.54) is 0 Å². The van der Waals surface area contributed by atoms with E-state index >= 15 is 0 Å². The Morgan fingerprint density at radius 2 is 2.31 bits per heavy atom. The molecule has 1 aromatic rings. The zero-order valence-electron chi connectivity index (χ0n) is 9.38. The number of nitrogens with zero attached hydrogens (tertiary/aromatic N) is 2. The van der Waals surface area contributed by atoms with Crippen LogP contribution in [0.25, 0.3) is 0 Å². The number of methoxy groups -OCH3 is 1. The Balaban J connectivity index is 2.60. The second kappa shape index (κ2) is 7.04. The maximum atomic E-state index is 5.85. The standard InChI is InChI=1S/C11H14ClN3O/c1-3-4-5-6-13-10-7-9(12)14-11(15-10)8-16-2/h7H,5-6,8H2,1-2H3,(H,13,14,15). The third-order valence-electron chi connectivity index (χ3n) is 1.75. The first-order valence-corrected chi connectivity index (χ1v) is 5.30. The first kappa shape index (κ1) is 12.8. The molecular formula is C11H14ClN3O. The van der Waals surface area contributed by atoms with Crippen LogP contribution in [-0.4, -0.2) is 23.6 Å². The highest BCUT2D eigenvalue weighted by molar-refractivity contribution is 6.29. The van der Waals surface area contributed by atoms with Crippen LogP contribution in [0.4, 0.5) is 5.82 Å². The van der Waals surface area contributed by atoms with Gasteiger partial charge in [-0.2, -0.15) is 0 Å². The number of anilines is 1. The Morgan fingerprint density at radius 3 is 3.00 bits per heavy atom. The van der Waals surface area contributed by atoms with Gasteiger partial charge in [0.25, 0.3) is 0 Å². The van der Waals surface area contributed by atoms with Crippen molar-refractivity contribution in [3.63, 3.8) is 0 Å². The zero-order chi connectivity index (χ0) is 11.8. The zero-order valence-corrected chi connectivity index (χ0v) is 10.1. The Bertz CT molecular complexity index is 398. The van der Waals surface area contributed by atoms with Crippen LogP contribution in [0.15, 0.2) is 6.07 Å². The van der Waals surface area contributed by atoms with E-state index < -0.39 is 0 Å². The van der Waals surface area contributed by atoms with Gasteiger partial charge < -0.3 is 10.1 Å². The van der Waals surface area contributed by atoms with Gasteiger partial charge in [-0.25, -0.2) is 9.97 Å². The molecule has 1 aromatic heterocycles. The van der Waals surface area contributed by atoms with Gasteiger partial charge >= 0.3 is 0 Å². The van der Waals surface area contributed by atoms with Crippen LogP contribution in [0.1, 0.15) is 19.2 Å². The minimum absolute atomic E-state index is 0.351. The average Bonchev–Trinajstić information content (AvgIpc) is 2.24. The fraction of sp³-hybridized carbons (Fsp3) is 0.455. The Hall–Kier alpha value is -1.31. The van der Waals surface area contributed by atoms with Gasteiger partial charge in [0.15, 0.2) is 5.82 Å². The first-order chi connectivity index (χ1) is 7.76. The van der Waals surface area contributed by atoms with Crippen LogP contribution >= 0.6 is 11.6 Å². The van der Waals surface area contributed by atoms with Crippen molar-refractivity contribution < 1.29 is 4.74 Å². The highest BCUT2D eigenvalue weighted by Gasteiger charge is 2.02. The summed E-state index contributed by atoms with van der Waals surface area (Å²) in [4.78, 5) is 8.27. The third-order valence-corrected chi connectivity index (χ3v) is 1.94. The molecular weight excluding hydrogens is 226 g/mol. The summed E-state index contributed by atoms with van der Waals surface area (Å²) in [6.45, 7) is 2.91. The summed E-state index contributed by atoms with van der Waals surface area (Å²) in [6, 6.07) is 1.68. The van der Waals surface area contributed by atoms with Crippen LogP contribution in [0.3, 0.4) is 0 Å². The number of hydrogen-bond acceptors (Lipinski definition) is 4. The van der Waals surface area contributed by atoms with Gasteiger partial charge in [0.05, 0.1) is 0 Å². The van der Waals surface area contributed by atoms with Gasteiger partial charge in [-0.15, -0.1) is 11.8 Å². The average molecular weight is 240 g/mol. The number of nitrogens with one attached hydrogen (secondary N) is 1. The van der Waals surface area contributed by atoms with Crippen LogP contribution in [-0.2, 0) is 11.3 Å². The van der Waals surface area contributed by atoms with Crippen molar-refractivity contribution >= 4 is 17.4 Å². The summed E-state index contributed by atoms with van der Waals surface area (Å²) in [7, 11) is 1.59. The molecule has 1 N–H and O–H groups in total. The van der Waals surface area contributed by atoms with E-state index in [4.69, 9.17) is 16.3 Å². The molecule has 0 aliphatic carbocycles. The lowest BCUT2D eigenvalue weighted by molar-refractivity contribution is 0.178. The van der Waals surface area contributed by atoms with Crippen molar-refractivity contribution in [1.82, 2.24) is 9.97 Å². The fourth-order valence-corrected chi connectivity index (χ4v) is 1.33. The van der Waals surface area contributed by atoms with E-state index in [1.54, 1.807) is 13.2 Å². The van der Waals surface area contributed by atoms with E-state index in [0.29, 0.717) is 23.4 Å². The second-order valence-corrected chi connectivity index (χ2v) is 3.42. The molecule has 0 bridgehead atoms. The smallest absolute Gasteiger partial charge is 0.158 e. The summed E-state index contributed by atoms with van der Waals surface area (Å²) >= 11 is 5.85. The number of aromatic nitrogens is 2. The van der Waals surface area contributed by atoms with Crippen LogP contribution in [0.5, 0.6) is 0 Å². The molecule has 0 spiro atoms. The second-order valence-electron chi connectivity index (χ2n) is 3.03. The number of halogens is 1. The van der Waals surface area contributed by atoms with E-state index in [9.17, 15) is 0 Å². The molecule has 1 rings (SSSR count). The van der Waals surface area contributed by atoms with E-state index in [-0.39, 0.29) is 0 Å². The fourth-order valence-electron chi connectivity index (χ4n) is 1.13. The van der Waals surface area contributed by atoms with E-state index in [2.05, 4.69) is 27.1 Å². The van der Waals surface area contributed by atoms with Gasteiger partial charge in [-0.1, -0.05) is 11.6 Å². The van der Waals surface area contributed by atoms with Crippen molar-refractivity contribution in [3.8, 4) is 11.8 Å². The summed E-state index contributed by atoms with van der Waals surface area (Å²) in [6.07, 6.45) is 0.776. The minimum atomic E-state index is 0.351. The van der Waals surface area contributed by atoms with Crippen LogP contribution < -0.4 is 5.32 Å². The molecule has 1 heterocycles. The van der Waals surface area contributed by atoms with Crippen molar-refractivity contribution in [2.24, 2.45) is 0 Å². The summed E-state index contributed by atoms with van der Waals surface area (Å²) in [5.41, 5.74) is 0. The molecule has 16 heavy (non-hydrogen) atoms. The molecule has 5 heteroatoms. The van der Waals surface area contributed by atoms with Gasteiger partial charge in [0.1, 0.15) is 17.6 Å². The molecule has 0 fully saturated rings. The molecule has 0 aliphatic heterocycles. The predicted molar refractivity (Wildman–Crippen MR) is 64.3 cm³/mol. The Kier molecular flexibility index (Phi) is 5.62. The quantitative estimate of drug-likeness (QED) is 0.486. The first-order valence-electron chi connectivity index (χ1n) is 4.92. The molecule has 0 amide bonds. The summed E-state index contributed by atoms with van der Waals surface area (Å²) < 4.78 is 4.95. The number of hydrogen-bond donors (Lipinski definition) is 1. The van der Waals surface area contributed by atoms with Gasteiger partial charge in [-0.3, -0.25) is 0 Å². The monoisotopic (exact) mass is 239 g/mol. The highest BCUT2D eigenvalue weighted by Crippen LogP contribution is 2.11. The molecule has 4 nitrogen and oxygen atoms in total. The Labute approximate surface area is 100 Å². The van der Waals surface area contributed by atoms with Gasteiger partial charge in [0, 0.05) is 26.1 Å². The third kappa shape index (κ3) is 4.47. The van der Waals surface area contributed by atoms with Gasteiger partial charge in [0.2, 0.25) is 0 Å². The van der Waals surface area contributed by atoms with Crippen LogP contribution in [0, 0.1) is 11.8 Å². The normalized spacial score (nSPS) is 9.44. The molecule has 0 radical (unpaired) electrons. The lowest BCUT2D eigenvalue weighted by Gasteiger charge is -2.05. The molecule has 0 aliphatic rings. The summed E-state index contributed by atoms with van der Waals surface area (Å²) in [5, 5.41) is 3.53. The topological polar surface area (TPSA) is 47.0 Å². The molecule has 0 aromatic carbocycles. The predicted octanol–water partition coefficient (Wildman–Crippen LogP) is 2.10. The van der Waals surface area contributed by atoms with Gasteiger partial charge in [-0.05, 0) is 6.92 Å². The maximum absolute atomic E-state index is 5.85. The molecule has 0 saturated carbocycles. The van der Waals surface area contributed by atoms with Crippen LogP contribution in [0.2, 0.25) is 5.15 Å². The Morgan fingerprint density at radius 1 is 1.50 bits per heavy atom. The lowest BCUT2D eigenvalue weighted by atomic mass is 10.4. The van der Waals surface area contributed by atoms with E-state index in [1.807, 2.05) is 6.92 Å². The minimum Gasteiger partial charge on any atom is -0.377 e. The lowest BCUT2D eigenvalue weighted by Crippen LogP contribution is -2.06. The maximum Gasteiger partial charge on any atom is 0.158 e. The highest BCUT2D eigenvalue weighted by atomic mass is 35.5. The SMILES string of the molecule is CC#CCCNc1cc(Cl)nc(COC)n1. The van der Waals surface area contributed by atoms with Crippen molar-refractivity contribution in [2.75, 3.05) is 19.0 Å². The molecule has 0 unspecified atom stereocenters.